The number of rotatable bonds is 3. The van der Waals surface area contributed by atoms with Gasteiger partial charge in [0.25, 0.3) is 5.91 Å². The third-order valence-corrected chi connectivity index (χ3v) is 2.85. The first kappa shape index (κ1) is 14.4. The summed E-state index contributed by atoms with van der Waals surface area (Å²) in [6.07, 6.45) is 0. The monoisotopic (exact) mass is 285 g/mol. The van der Waals surface area contributed by atoms with Crippen LogP contribution >= 0.6 is 0 Å². The first-order valence-electron chi connectivity index (χ1n) is 6.20. The molecule has 0 radical (unpaired) electrons. The van der Waals surface area contributed by atoms with E-state index in [-0.39, 0.29) is 17.1 Å². The second-order valence-corrected chi connectivity index (χ2v) is 4.47. The fourth-order valence-corrected chi connectivity index (χ4v) is 1.73. The topological polar surface area (TPSA) is 108 Å². The van der Waals surface area contributed by atoms with Crippen LogP contribution in [-0.4, -0.2) is 21.8 Å². The van der Waals surface area contributed by atoms with Crippen molar-refractivity contribution in [3.63, 3.8) is 0 Å². The molecule has 2 aromatic rings. The fraction of sp³-hybridized carbons (Fsp3) is 0.0667. The molecule has 0 aliphatic rings. The molecule has 108 valence electrons. The lowest BCUT2D eigenvalue weighted by atomic mass is 10.1. The maximum atomic E-state index is 11.9. The molecule has 0 fully saturated rings. The molecule has 0 spiro atoms. The number of phenols is 2. The SMILES string of the molecule is C/C(=N/NC(=O)c1cc(O)ccc1O)c1cccc(N)c1. The molecule has 0 bridgehead atoms. The van der Waals surface area contributed by atoms with Gasteiger partial charge in [-0.3, -0.25) is 4.79 Å². The maximum Gasteiger partial charge on any atom is 0.275 e. The van der Waals surface area contributed by atoms with Gasteiger partial charge in [-0.1, -0.05) is 12.1 Å². The number of anilines is 1. The number of carbonyl (C=O) groups is 1. The Kier molecular flexibility index (Phi) is 4.08. The number of hydrogen-bond acceptors (Lipinski definition) is 5. The van der Waals surface area contributed by atoms with Crippen molar-refractivity contribution in [3.8, 4) is 11.5 Å². The molecule has 0 saturated carbocycles. The molecule has 0 atom stereocenters. The number of nitrogens with one attached hydrogen (secondary N) is 1. The zero-order valence-electron chi connectivity index (χ0n) is 11.4. The van der Waals surface area contributed by atoms with Gasteiger partial charge in [0, 0.05) is 5.69 Å². The molecule has 6 heteroatoms. The summed E-state index contributed by atoms with van der Waals surface area (Å²) >= 11 is 0. The molecular formula is C15H15N3O3. The maximum absolute atomic E-state index is 11.9. The van der Waals surface area contributed by atoms with Gasteiger partial charge in [-0.2, -0.15) is 5.10 Å². The van der Waals surface area contributed by atoms with E-state index in [2.05, 4.69) is 10.5 Å². The van der Waals surface area contributed by atoms with E-state index in [1.54, 1.807) is 25.1 Å². The molecule has 6 nitrogen and oxygen atoms in total. The molecule has 5 N–H and O–H groups in total. The van der Waals surface area contributed by atoms with E-state index >= 15 is 0 Å². The Labute approximate surface area is 121 Å². The molecule has 0 aromatic heterocycles. The van der Waals surface area contributed by atoms with Gasteiger partial charge in [0.05, 0.1) is 11.3 Å². The van der Waals surface area contributed by atoms with Crippen molar-refractivity contribution in [2.75, 3.05) is 5.73 Å². The molecule has 0 aliphatic carbocycles. The van der Waals surface area contributed by atoms with Gasteiger partial charge in [0.2, 0.25) is 0 Å². The second kappa shape index (κ2) is 5.96. The van der Waals surface area contributed by atoms with Crippen molar-refractivity contribution < 1.29 is 15.0 Å². The van der Waals surface area contributed by atoms with Crippen molar-refractivity contribution in [1.29, 1.82) is 0 Å². The summed E-state index contributed by atoms with van der Waals surface area (Å²) in [5.74, 6) is -0.969. The summed E-state index contributed by atoms with van der Waals surface area (Å²) < 4.78 is 0. The highest BCUT2D eigenvalue weighted by Crippen LogP contribution is 2.21. The molecule has 1 amide bonds. The standard InChI is InChI=1S/C15H15N3O3/c1-9(10-3-2-4-11(16)7-10)17-18-15(21)13-8-12(19)5-6-14(13)20/h2-8,19-20H,16H2,1H3,(H,18,21)/b17-9-. The highest BCUT2D eigenvalue weighted by atomic mass is 16.3. The largest absolute Gasteiger partial charge is 0.508 e. The number of benzene rings is 2. The highest BCUT2D eigenvalue weighted by Gasteiger charge is 2.11. The van der Waals surface area contributed by atoms with Crippen LogP contribution in [0.25, 0.3) is 0 Å². The fourth-order valence-electron chi connectivity index (χ4n) is 1.73. The molecule has 0 unspecified atom stereocenters. The minimum absolute atomic E-state index is 0.0564. The summed E-state index contributed by atoms with van der Waals surface area (Å²) in [6.45, 7) is 1.72. The number of nitrogens with two attached hydrogens (primary N) is 1. The summed E-state index contributed by atoms with van der Waals surface area (Å²) in [4.78, 5) is 11.9. The number of aromatic hydroxyl groups is 2. The quantitative estimate of drug-likeness (QED) is 0.298. The van der Waals surface area contributed by atoms with Crippen LogP contribution in [0.15, 0.2) is 47.6 Å². The van der Waals surface area contributed by atoms with Gasteiger partial charge in [-0.05, 0) is 42.8 Å². The van der Waals surface area contributed by atoms with Crippen LogP contribution in [0.1, 0.15) is 22.8 Å². The Morgan fingerprint density at radius 1 is 1.19 bits per heavy atom. The number of nitrogens with zero attached hydrogens (tertiary/aromatic N) is 1. The Balaban J connectivity index is 2.16. The average Bonchev–Trinajstić information content (AvgIpc) is 2.47. The van der Waals surface area contributed by atoms with Gasteiger partial charge in [0.15, 0.2) is 0 Å². The van der Waals surface area contributed by atoms with E-state index in [9.17, 15) is 15.0 Å². The van der Waals surface area contributed by atoms with Gasteiger partial charge in [0.1, 0.15) is 11.5 Å². The number of carbonyl (C=O) groups excluding carboxylic acids is 1. The Hall–Kier alpha value is -3.02. The predicted octanol–water partition coefficient (Wildman–Crippen LogP) is 1.83. The van der Waals surface area contributed by atoms with Crippen LogP contribution in [0.5, 0.6) is 11.5 Å². The van der Waals surface area contributed by atoms with Crippen molar-refractivity contribution in [2.45, 2.75) is 6.92 Å². The van der Waals surface area contributed by atoms with Crippen molar-refractivity contribution >= 4 is 17.3 Å². The number of hydrogen-bond donors (Lipinski definition) is 4. The van der Waals surface area contributed by atoms with E-state index in [1.165, 1.54) is 12.1 Å². The first-order chi connectivity index (χ1) is 9.97. The third kappa shape index (κ3) is 3.50. The Morgan fingerprint density at radius 3 is 2.67 bits per heavy atom. The van der Waals surface area contributed by atoms with Gasteiger partial charge in [-0.15, -0.1) is 0 Å². The van der Waals surface area contributed by atoms with E-state index in [0.717, 1.165) is 11.6 Å². The smallest absolute Gasteiger partial charge is 0.275 e. The summed E-state index contributed by atoms with van der Waals surface area (Å²) in [5, 5.41) is 22.9. The Morgan fingerprint density at radius 2 is 1.95 bits per heavy atom. The second-order valence-electron chi connectivity index (χ2n) is 4.47. The average molecular weight is 285 g/mol. The zero-order valence-corrected chi connectivity index (χ0v) is 11.4. The molecule has 21 heavy (non-hydrogen) atoms. The number of hydrazone groups is 1. The van der Waals surface area contributed by atoms with Gasteiger partial charge >= 0.3 is 0 Å². The number of phenolic OH excluding ortho intramolecular Hbond substituents is 2. The minimum atomic E-state index is -0.619. The van der Waals surface area contributed by atoms with Crippen LogP contribution in [0.2, 0.25) is 0 Å². The Bertz CT molecular complexity index is 711. The first-order valence-corrected chi connectivity index (χ1v) is 6.20. The number of nitrogen functional groups attached to an aromatic ring is 1. The highest BCUT2D eigenvalue weighted by molar-refractivity contribution is 6.02. The summed E-state index contributed by atoms with van der Waals surface area (Å²) in [5.41, 5.74) is 9.88. The summed E-state index contributed by atoms with van der Waals surface area (Å²) in [7, 11) is 0. The van der Waals surface area contributed by atoms with Crippen LogP contribution in [-0.2, 0) is 0 Å². The van der Waals surface area contributed by atoms with E-state index < -0.39 is 5.91 Å². The van der Waals surface area contributed by atoms with Crippen LogP contribution < -0.4 is 11.2 Å². The van der Waals surface area contributed by atoms with Crippen molar-refractivity contribution in [1.82, 2.24) is 5.43 Å². The van der Waals surface area contributed by atoms with Crippen LogP contribution in [0.4, 0.5) is 5.69 Å². The van der Waals surface area contributed by atoms with Gasteiger partial charge in [-0.25, -0.2) is 5.43 Å². The lowest BCUT2D eigenvalue weighted by molar-refractivity contribution is 0.0951. The molecule has 0 heterocycles. The van der Waals surface area contributed by atoms with Crippen LogP contribution in [0.3, 0.4) is 0 Å². The molecule has 0 aliphatic heterocycles. The minimum Gasteiger partial charge on any atom is -0.508 e. The molecule has 2 rings (SSSR count). The molecule has 2 aromatic carbocycles. The molecule has 0 saturated heterocycles. The van der Waals surface area contributed by atoms with Crippen molar-refractivity contribution in [3.05, 3.63) is 53.6 Å². The van der Waals surface area contributed by atoms with Crippen molar-refractivity contribution in [2.24, 2.45) is 5.10 Å². The lowest BCUT2D eigenvalue weighted by Gasteiger charge is -2.05. The van der Waals surface area contributed by atoms with E-state index in [1.807, 2.05) is 6.07 Å². The normalized spacial score (nSPS) is 11.2. The molecular weight excluding hydrogens is 270 g/mol. The van der Waals surface area contributed by atoms with E-state index in [0.29, 0.717) is 11.4 Å². The predicted molar refractivity (Wildman–Crippen MR) is 80.3 cm³/mol. The van der Waals surface area contributed by atoms with E-state index in [4.69, 9.17) is 5.73 Å². The summed E-state index contributed by atoms with van der Waals surface area (Å²) in [6, 6.07) is 10.8. The van der Waals surface area contributed by atoms with Crippen LogP contribution in [0, 0.1) is 0 Å². The third-order valence-electron chi connectivity index (χ3n) is 2.85. The number of amides is 1. The lowest BCUT2D eigenvalue weighted by Crippen LogP contribution is -2.19. The van der Waals surface area contributed by atoms with Gasteiger partial charge < -0.3 is 15.9 Å². The zero-order chi connectivity index (χ0) is 15.4.